The lowest BCUT2D eigenvalue weighted by Crippen LogP contribution is -2.41. The number of rotatable bonds is 1. The fourth-order valence-corrected chi connectivity index (χ4v) is 3.47. The lowest BCUT2D eigenvalue weighted by molar-refractivity contribution is 0.0644. The molecule has 2 saturated heterocycles. The quantitative estimate of drug-likeness (QED) is 0.693. The van der Waals surface area contributed by atoms with Gasteiger partial charge in [-0.05, 0) is 25.8 Å². The van der Waals surface area contributed by atoms with Gasteiger partial charge in [0.05, 0.1) is 12.0 Å². The Bertz CT molecular complexity index is 283. The van der Waals surface area contributed by atoms with Crippen molar-refractivity contribution >= 4 is 0 Å². The molecular formula is C10H15F2NO. The van der Waals surface area contributed by atoms with Crippen molar-refractivity contribution in [1.82, 2.24) is 4.90 Å². The molecule has 0 bridgehead atoms. The van der Waals surface area contributed by atoms with Gasteiger partial charge in [0.1, 0.15) is 0 Å². The minimum Gasteiger partial charge on any atom is -0.394 e. The number of hydrogen-bond donors (Lipinski definition) is 1. The monoisotopic (exact) mass is 203 g/mol. The molecule has 2 aliphatic heterocycles. The van der Waals surface area contributed by atoms with Crippen LogP contribution < -0.4 is 0 Å². The summed E-state index contributed by atoms with van der Waals surface area (Å²) in [5.41, 5.74) is -1.06. The van der Waals surface area contributed by atoms with Gasteiger partial charge >= 0.3 is 0 Å². The van der Waals surface area contributed by atoms with E-state index in [0.717, 1.165) is 19.4 Å². The van der Waals surface area contributed by atoms with Crippen LogP contribution >= 0.6 is 0 Å². The van der Waals surface area contributed by atoms with Gasteiger partial charge in [0.2, 0.25) is 0 Å². The second kappa shape index (κ2) is 2.30. The number of aliphatic hydroxyl groups is 1. The second-order valence-corrected chi connectivity index (χ2v) is 5.25. The molecule has 14 heavy (non-hydrogen) atoms. The molecule has 1 N–H and O–H groups in total. The average molecular weight is 203 g/mol. The molecule has 0 radical (unpaired) electrons. The Kier molecular flexibility index (Phi) is 1.48. The first-order valence-electron chi connectivity index (χ1n) is 5.28. The standard InChI is InChI=1S/C10H15F2NO/c11-10(12)5-8(10)4-9(7-14)2-1-3-13(9)6-8/h14H,1-7H2/t8?,9-/m0/s1. The molecule has 3 aliphatic rings. The largest absolute Gasteiger partial charge is 0.394 e. The molecule has 0 aromatic rings. The number of aliphatic hydroxyl groups excluding tert-OH is 1. The molecule has 1 aliphatic carbocycles. The fraction of sp³-hybridized carbons (Fsp3) is 1.00. The van der Waals surface area contributed by atoms with E-state index in [9.17, 15) is 13.9 Å². The number of fused-ring (bicyclic) bond motifs is 1. The highest BCUT2D eigenvalue weighted by atomic mass is 19.3. The molecule has 1 saturated carbocycles. The van der Waals surface area contributed by atoms with Crippen LogP contribution in [0.4, 0.5) is 8.78 Å². The molecule has 0 amide bonds. The molecule has 2 heterocycles. The third kappa shape index (κ3) is 0.865. The van der Waals surface area contributed by atoms with Crippen molar-refractivity contribution < 1.29 is 13.9 Å². The molecule has 4 heteroatoms. The van der Waals surface area contributed by atoms with E-state index in [0.29, 0.717) is 13.0 Å². The van der Waals surface area contributed by atoms with Gasteiger partial charge in [-0.3, -0.25) is 4.90 Å². The third-order valence-electron chi connectivity index (χ3n) is 4.41. The van der Waals surface area contributed by atoms with Crippen molar-refractivity contribution in [3.63, 3.8) is 0 Å². The molecule has 1 spiro atoms. The Morgan fingerprint density at radius 2 is 2.00 bits per heavy atom. The zero-order chi connectivity index (χ0) is 10.0. The van der Waals surface area contributed by atoms with Crippen molar-refractivity contribution in [2.45, 2.75) is 37.1 Å². The van der Waals surface area contributed by atoms with Crippen LogP contribution in [0.5, 0.6) is 0 Å². The number of nitrogens with zero attached hydrogens (tertiary/aromatic N) is 1. The van der Waals surface area contributed by atoms with Crippen LogP contribution in [-0.4, -0.2) is 41.2 Å². The van der Waals surface area contributed by atoms with Crippen LogP contribution in [0.1, 0.15) is 25.7 Å². The summed E-state index contributed by atoms with van der Waals surface area (Å²) in [6.45, 7) is 1.43. The van der Waals surface area contributed by atoms with Gasteiger partial charge in [-0.1, -0.05) is 0 Å². The summed E-state index contributed by atoms with van der Waals surface area (Å²) in [4.78, 5) is 2.09. The Labute approximate surface area is 81.9 Å². The maximum absolute atomic E-state index is 13.2. The van der Waals surface area contributed by atoms with Crippen LogP contribution in [0, 0.1) is 5.41 Å². The summed E-state index contributed by atoms with van der Waals surface area (Å²) in [6, 6.07) is 0. The van der Waals surface area contributed by atoms with E-state index in [-0.39, 0.29) is 18.6 Å². The topological polar surface area (TPSA) is 23.5 Å². The van der Waals surface area contributed by atoms with Crippen LogP contribution in [0.25, 0.3) is 0 Å². The minimum absolute atomic E-state index is 0.0399. The van der Waals surface area contributed by atoms with Gasteiger partial charge in [0.15, 0.2) is 0 Å². The van der Waals surface area contributed by atoms with Crippen molar-refractivity contribution in [3.05, 3.63) is 0 Å². The Hall–Kier alpha value is -0.220. The normalized spacial score (nSPS) is 49.9. The third-order valence-corrected chi connectivity index (χ3v) is 4.41. The summed E-state index contributed by atoms with van der Waals surface area (Å²) < 4.78 is 26.4. The highest BCUT2D eigenvalue weighted by Crippen LogP contribution is 2.69. The van der Waals surface area contributed by atoms with E-state index >= 15 is 0 Å². The number of halogens is 2. The first-order valence-corrected chi connectivity index (χ1v) is 5.28. The van der Waals surface area contributed by atoms with Gasteiger partial charge in [0.25, 0.3) is 5.92 Å². The molecule has 1 unspecified atom stereocenters. The number of hydrogen-bond acceptors (Lipinski definition) is 2. The van der Waals surface area contributed by atoms with Gasteiger partial charge in [-0.2, -0.15) is 0 Å². The van der Waals surface area contributed by atoms with Crippen LogP contribution in [0.2, 0.25) is 0 Å². The summed E-state index contributed by atoms with van der Waals surface area (Å²) in [5, 5.41) is 9.37. The molecule has 0 aromatic heterocycles. The smallest absolute Gasteiger partial charge is 0.255 e. The van der Waals surface area contributed by atoms with Crippen molar-refractivity contribution in [2.75, 3.05) is 19.7 Å². The summed E-state index contributed by atoms with van der Waals surface area (Å²) >= 11 is 0. The summed E-state index contributed by atoms with van der Waals surface area (Å²) in [7, 11) is 0. The zero-order valence-corrected chi connectivity index (χ0v) is 8.10. The molecule has 0 aromatic carbocycles. The molecule has 3 rings (SSSR count). The van der Waals surface area contributed by atoms with E-state index < -0.39 is 11.3 Å². The predicted octanol–water partition coefficient (Wildman–Crippen LogP) is 1.24. The Morgan fingerprint density at radius 3 is 2.50 bits per heavy atom. The Morgan fingerprint density at radius 1 is 1.29 bits per heavy atom. The molecular weight excluding hydrogens is 188 g/mol. The lowest BCUT2D eigenvalue weighted by Gasteiger charge is -2.29. The van der Waals surface area contributed by atoms with Gasteiger partial charge in [-0.15, -0.1) is 0 Å². The van der Waals surface area contributed by atoms with Gasteiger partial charge in [-0.25, -0.2) is 8.78 Å². The van der Waals surface area contributed by atoms with Gasteiger partial charge < -0.3 is 5.11 Å². The highest BCUT2D eigenvalue weighted by molar-refractivity contribution is 5.21. The molecule has 80 valence electrons. The zero-order valence-electron chi connectivity index (χ0n) is 8.10. The second-order valence-electron chi connectivity index (χ2n) is 5.25. The van der Waals surface area contributed by atoms with E-state index in [1.165, 1.54) is 0 Å². The summed E-state index contributed by atoms with van der Waals surface area (Å²) in [6.07, 6.45) is 2.48. The first kappa shape index (κ1) is 9.04. The predicted molar refractivity (Wildman–Crippen MR) is 47.2 cm³/mol. The summed E-state index contributed by atoms with van der Waals surface area (Å²) in [5.74, 6) is -2.46. The number of alkyl halides is 2. The van der Waals surface area contributed by atoms with E-state index in [1.54, 1.807) is 0 Å². The fourth-order valence-electron chi connectivity index (χ4n) is 3.47. The van der Waals surface area contributed by atoms with Crippen LogP contribution in [0.3, 0.4) is 0 Å². The molecule has 3 fully saturated rings. The van der Waals surface area contributed by atoms with Gasteiger partial charge in [0, 0.05) is 18.5 Å². The first-order chi connectivity index (χ1) is 6.54. The lowest BCUT2D eigenvalue weighted by atomic mass is 9.89. The van der Waals surface area contributed by atoms with E-state index in [4.69, 9.17) is 0 Å². The van der Waals surface area contributed by atoms with E-state index in [1.807, 2.05) is 0 Å². The maximum atomic E-state index is 13.2. The van der Waals surface area contributed by atoms with Crippen LogP contribution in [0.15, 0.2) is 0 Å². The van der Waals surface area contributed by atoms with Crippen LogP contribution in [-0.2, 0) is 0 Å². The molecule has 2 nitrogen and oxygen atoms in total. The maximum Gasteiger partial charge on any atom is 0.255 e. The average Bonchev–Trinajstić information content (AvgIpc) is 2.47. The van der Waals surface area contributed by atoms with Crippen molar-refractivity contribution in [2.24, 2.45) is 5.41 Å². The highest BCUT2D eigenvalue weighted by Gasteiger charge is 2.76. The van der Waals surface area contributed by atoms with Crippen molar-refractivity contribution in [1.29, 1.82) is 0 Å². The SMILES string of the molecule is OC[C@@]12CCCN1CC1(CC1(F)F)C2. The van der Waals surface area contributed by atoms with E-state index in [2.05, 4.69) is 4.90 Å². The van der Waals surface area contributed by atoms with Crippen molar-refractivity contribution in [3.8, 4) is 0 Å². The minimum atomic E-state index is -2.46. The molecule has 2 atom stereocenters. The Balaban J connectivity index is 1.87.